The van der Waals surface area contributed by atoms with E-state index in [0.717, 1.165) is 19.3 Å². The second kappa shape index (κ2) is 15.4. The lowest BCUT2D eigenvalue weighted by Crippen LogP contribution is -2.25. The number of rotatable bonds is 15. The molecule has 0 aliphatic carbocycles. The lowest BCUT2D eigenvalue weighted by Gasteiger charge is -2.06. The summed E-state index contributed by atoms with van der Waals surface area (Å²) in [6, 6.07) is 0. The highest BCUT2D eigenvalue weighted by atomic mass is 16.5. The lowest BCUT2D eigenvalue weighted by molar-refractivity contribution is -0.124. The third-order valence-corrected chi connectivity index (χ3v) is 3.03. The van der Waals surface area contributed by atoms with Crippen molar-refractivity contribution in [3.63, 3.8) is 0 Å². The molecule has 0 spiro atoms. The second-order valence-corrected chi connectivity index (χ2v) is 5.20. The predicted octanol–water partition coefficient (Wildman–Crippen LogP) is 0.811. The first-order valence-electron chi connectivity index (χ1n) is 8.24. The maximum Gasteiger partial charge on any atom is 0.219 e. The molecule has 0 unspecified atom stereocenters. The number of Topliss-reactive ketones (excluding diaryl/α,β-unsaturated/α-hetero) is 1. The van der Waals surface area contributed by atoms with Gasteiger partial charge in [0.15, 0.2) is 5.78 Å². The summed E-state index contributed by atoms with van der Waals surface area (Å²) in [5.74, 6) is 0.0674. The van der Waals surface area contributed by atoms with Crippen LogP contribution in [0.2, 0.25) is 0 Å². The van der Waals surface area contributed by atoms with Crippen molar-refractivity contribution < 1.29 is 23.9 Å². The van der Waals surface area contributed by atoms with Crippen LogP contribution in [-0.4, -0.2) is 57.1 Å². The fraction of sp³-hybridized carbons (Fsp3) is 0.812. The molecule has 7 heteroatoms. The average molecular weight is 330 g/mol. The van der Waals surface area contributed by atoms with E-state index in [9.17, 15) is 14.4 Å². The molecule has 0 aliphatic rings. The first kappa shape index (κ1) is 21.5. The van der Waals surface area contributed by atoms with Gasteiger partial charge in [-0.3, -0.25) is 14.4 Å². The van der Waals surface area contributed by atoms with Crippen molar-refractivity contribution >= 4 is 17.6 Å². The summed E-state index contributed by atoms with van der Waals surface area (Å²) in [5, 5.41) is 5.42. The molecule has 0 aromatic heterocycles. The molecule has 0 rings (SSSR count). The standard InChI is InChI=1S/C16H30N2O5/c1-3-16(21)18-8-6-4-5-7-15(20)13-23-12-11-22-10-9-17-14(2)19/h3-13H2,1-2H3,(H,17,19)(H,18,21). The minimum atomic E-state index is -0.0804. The van der Waals surface area contributed by atoms with Gasteiger partial charge < -0.3 is 20.1 Å². The van der Waals surface area contributed by atoms with Crippen LogP contribution in [0.1, 0.15) is 46.0 Å². The van der Waals surface area contributed by atoms with Gasteiger partial charge in [0.05, 0.1) is 19.8 Å². The van der Waals surface area contributed by atoms with Crippen LogP contribution in [0.5, 0.6) is 0 Å². The summed E-state index contributed by atoms with van der Waals surface area (Å²) >= 11 is 0. The molecule has 0 radical (unpaired) electrons. The molecule has 0 saturated heterocycles. The first-order valence-corrected chi connectivity index (χ1v) is 8.24. The molecule has 2 amide bonds. The van der Waals surface area contributed by atoms with Crippen molar-refractivity contribution in [3.8, 4) is 0 Å². The minimum absolute atomic E-state index is 0.0637. The Hall–Kier alpha value is -1.47. The average Bonchev–Trinajstić information content (AvgIpc) is 2.52. The molecular formula is C16H30N2O5. The zero-order valence-corrected chi connectivity index (χ0v) is 14.3. The highest BCUT2D eigenvalue weighted by molar-refractivity contribution is 5.79. The smallest absolute Gasteiger partial charge is 0.219 e. The maximum atomic E-state index is 11.6. The number of ether oxygens (including phenoxy) is 2. The highest BCUT2D eigenvalue weighted by Crippen LogP contribution is 2.00. The molecule has 0 bridgehead atoms. The summed E-state index contributed by atoms with van der Waals surface area (Å²) in [4.78, 5) is 33.2. The number of carbonyl (C=O) groups excluding carboxylic acids is 3. The monoisotopic (exact) mass is 330 g/mol. The maximum absolute atomic E-state index is 11.6. The van der Waals surface area contributed by atoms with Gasteiger partial charge >= 0.3 is 0 Å². The number of hydrogen-bond donors (Lipinski definition) is 2. The SMILES string of the molecule is CCC(=O)NCCCCCC(=O)COCCOCCNC(C)=O. The van der Waals surface area contributed by atoms with Gasteiger partial charge in [0.1, 0.15) is 6.61 Å². The van der Waals surface area contributed by atoms with Gasteiger partial charge in [-0.1, -0.05) is 13.3 Å². The predicted molar refractivity (Wildman–Crippen MR) is 87.1 cm³/mol. The summed E-state index contributed by atoms with van der Waals surface area (Å²) in [6.07, 6.45) is 3.64. The van der Waals surface area contributed by atoms with E-state index in [4.69, 9.17) is 9.47 Å². The van der Waals surface area contributed by atoms with Crippen LogP contribution < -0.4 is 10.6 Å². The third-order valence-electron chi connectivity index (χ3n) is 3.03. The molecule has 0 aliphatic heterocycles. The van der Waals surface area contributed by atoms with Crippen molar-refractivity contribution in [1.82, 2.24) is 10.6 Å². The Kier molecular flexibility index (Phi) is 14.4. The molecule has 7 nitrogen and oxygen atoms in total. The highest BCUT2D eigenvalue weighted by Gasteiger charge is 2.02. The van der Waals surface area contributed by atoms with Crippen LogP contribution in [0.15, 0.2) is 0 Å². The summed E-state index contributed by atoms with van der Waals surface area (Å²) in [5.41, 5.74) is 0. The molecule has 134 valence electrons. The summed E-state index contributed by atoms with van der Waals surface area (Å²) < 4.78 is 10.5. The Morgan fingerprint density at radius 1 is 0.870 bits per heavy atom. The van der Waals surface area contributed by atoms with Crippen LogP contribution in [0.3, 0.4) is 0 Å². The van der Waals surface area contributed by atoms with Gasteiger partial charge in [-0.15, -0.1) is 0 Å². The van der Waals surface area contributed by atoms with Crippen molar-refractivity contribution in [2.24, 2.45) is 0 Å². The van der Waals surface area contributed by atoms with Crippen LogP contribution in [0, 0.1) is 0 Å². The van der Waals surface area contributed by atoms with Gasteiger partial charge in [0.2, 0.25) is 11.8 Å². The Labute approximate surface area is 138 Å². The molecule has 2 N–H and O–H groups in total. The fourth-order valence-corrected chi connectivity index (χ4v) is 1.75. The quantitative estimate of drug-likeness (QED) is 0.433. The van der Waals surface area contributed by atoms with E-state index >= 15 is 0 Å². The molecular weight excluding hydrogens is 300 g/mol. The molecule has 23 heavy (non-hydrogen) atoms. The Bertz CT molecular complexity index is 347. The number of nitrogens with one attached hydrogen (secondary N) is 2. The van der Waals surface area contributed by atoms with Crippen molar-refractivity contribution in [3.05, 3.63) is 0 Å². The fourth-order valence-electron chi connectivity index (χ4n) is 1.75. The number of ketones is 1. The Balaban J connectivity index is 3.25. The van der Waals surface area contributed by atoms with Gasteiger partial charge in [0, 0.05) is 32.9 Å². The lowest BCUT2D eigenvalue weighted by atomic mass is 10.1. The van der Waals surface area contributed by atoms with E-state index < -0.39 is 0 Å². The van der Waals surface area contributed by atoms with Crippen LogP contribution >= 0.6 is 0 Å². The number of carbonyl (C=O) groups is 3. The van der Waals surface area contributed by atoms with Crippen molar-refractivity contribution in [2.45, 2.75) is 46.0 Å². The third kappa shape index (κ3) is 16.7. The molecule has 0 fully saturated rings. The molecule has 0 aromatic carbocycles. The van der Waals surface area contributed by atoms with E-state index in [1.807, 2.05) is 6.92 Å². The van der Waals surface area contributed by atoms with E-state index in [-0.39, 0.29) is 24.2 Å². The van der Waals surface area contributed by atoms with Crippen LogP contribution in [-0.2, 0) is 23.9 Å². The zero-order valence-electron chi connectivity index (χ0n) is 14.3. The number of unbranched alkanes of at least 4 members (excludes halogenated alkanes) is 2. The van der Waals surface area contributed by atoms with E-state index in [1.54, 1.807) is 0 Å². The van der Waals surface area contributed by atoms with E-state index in [1.165, 1.54) is 6.92 Å². The zero-order chi connectivity index (χ0) is 17.3. The van der Waals surface area contributed by atoms with Gasteiger partial charge in [-0.25, -0.2) is 0 Å². The molecule has 0 saturated carbocycles. The molecule has 0 aromatic rings. The van der Waals surface area contributed by atoms with Crippen molar-refractivity contribution in [1.29, 1.82) is 0 Å². The van der Waals surface area contributed by atoms with Gasteiger partial charge in [-0.2, -0.15) is 0 Å². The van der Waals surface area contributed by atoms with Crippen LogP contribution in [0.25, 0.3) is 0 Å². The molecule has 0 heterocycles. The minimum Gasteiger partial charge on any atom is -0.377 e. The normalized spacial score (nSPS) is 10.3. The Morgan fingerprint density at radius 3 is 2.30 bits per heavy atom. The van der Waals surface area contributed by atoms with E-state index in [2.05, 4.69) is 10.6 Å². The van der Waals surface area contributed by atoms with Crippen LogP contribution in [0.4, 0.5) is 0 Å². The van der Waals surface area contributed by atoms with E-state index in [0.29, 0.717) is 45.8 Å². The second-order valence-electron chi connectivity index (χ2n) is 5.20. The van der Waals surface area contributed by atoms with Gasteiger partial charge in [0.25, 0.3) is 0 Å². The van der Waals surface area contributed by atoms with Crippen molar-refractivity contribution in [2.75, 3.05) is 39.5 Å². The first-order chi connectivity index (χ1) is 11.1. The summed E-state index contributed by atoms with van der Waals surface area (Å²) in [6.45, 7) is 5.75. The number of hydrogen-bond acceptors (Lipinski definition) is 5. The molecule has 0 atom stereocenters. The van der Waals surface area contributed by atoms with Gasteiger partial charge in [-0.05, 0) is 12.8 Å². The summed E-state index contributed by atoms with van der Waals surface area (Å²) in [7, 11) is 0. The number of amides is 2. The Morgan fingerprint density at radius 2 is 1.61 bits per heavy atom. The largest absolute Gasteiger partial charge is 0.377 e. The topological polar surface area (TPSA) is 93.7 Å².